The second-order valence-corrected chi connectivity index (χ2v) is 4.21. The molecule has 1 fully saturated rings. The third kappa shape index (κ3) is 2.63. The standard InChI is InChI=1S/C11H9F3N4O/c12-7-2-8(13)11(14)9(3-7)18-5-6(1-10(18)19)4-16-17-15/h2-3,6H,1,4-5H2. The van der Waals surface area contributed by atoms with Gasteiger partial charge in [-0.05, 0) is 11.4 Å². The zero-order chi connectivity index (χ0) is 14.0. The van der Waals surface area contributed by atoms with Crippen LogP contribution in [0.1, 0.15) is 6.42 Å². The van der Waals surface area contributed by atoms with Gasteiger partial charge in [0.05, 0.1) is 5.69 Å². The van der Waals surface area contributed by atoms with Crippen molar-refractivity contribution in [2.45, 2.75) is 6.42 Å². The monoisotopic (exact) mass is 270 g/mol. The van der Waals surface area contributed by atoms with Crippen LogP contribution in [0.3, 0.4) is 0 Å². The number of hydrogen-bond acceptors (Lipinski definition) is 2. The van der Waals surface area contributed by atoms with E-state index in [4.69, 9.17) is 5.53 Å². The average Bonchev–Trinajstić information content (AvgIpc) is 2.72. The van der Waals surface area contributed by atoms with Crippen LogP contribution in [0.5, 0.6) is 0 Å². The topological polar surface area (TPSA) is 69.1 Å². The zero-order valence-electron chi connectivity index (χ0n) is 9.68. The number of halogens is 3. The third-order valence-electron chi connectivity index (χ3n) is 2.87. The van der Waals surface area contributed by atoms with E-state index in [2.05, 4.69) is 10.0 Å². The largest absolute Gasteiger partial charge is 0.309 e. The van der Waals surface area contributed by atoms with Crippen LogP contribution in [-0.2, 0) is 4.79 Å². The van der Waals surface area contributed by atoms with Crippen molar-refractivity contribution in [1.29, 1.82) is 0 Å². The van der Waals surface area contributed by atoms with Gasteiger partial charge in [-0.3, -0.25) is 4.79 Å². The molecule has 0 radical (unpaired) electrons. The van der Waals surface area contributed by atoms with Crippen LogP contribution in [0, 0.1) is 23.4 Å². The fraction of sp³-hybridized carbons (Fsp3) is 0.364. The van der Waals surface area contributed by atoms with Gasteiger partial charge in [0.2, 0.25) is 5.91 Å². The SMILES string of the molecule is [N-]=[N+]=NCC1CC(=O)N(c2cc(F)cc(F)c2F)C1. The smallest absolute Gasteiger partial charge is 0.227 e. The molecule has 100 valence electrons. The summed E-state index contributed by atoms with van der Waals surface area (Å²) in [5, 5.41) is 3.33. The molecule has 0 aliphatic carbocycles. The minimum absolute atomic E-state index is 0.0522. The quantitative estimate of drug-likeness (QED) is 0.360. The van der Waals surface area contributed by atoms with Crippen molar-refractivity contribution in [3.8, 4) is 0 Å². The van der Waals surface area contributed by atoms with E-state index in [1.54, 1.807) is 0 Å². The number of carbonyl (C=O) groups is 1. The lowest BCUT2D eigenvalue weighted by Crippen LogP contribution is -2.26. The first-order chi connectivity index (χ1) is 9.02. The predicted octanol–water partition coefficient (Wildman–Crippen LogP) is 2.77. The molecule has 1 heterocycles. The summed E-state index contributed by atoms with van der Waals surface area (Å²) in [6, 6.07) is 1.18. The Hall–Kier alpha value is -2.21. The highest BCUT2D eigenvalue weighted by Crippen LogP contribution is 2.29. The van der Waals surface area contributed by atoms with Crippen molar-refractivity contribution < 1.29 is 18.0 Å². The summed E-state index contributed by atoms with van der Waals surface area (Å²) >= 11 is 0. The summed E-state index contributed by atoms with van der Waals surface area (Å²) in [7, 11) is 0. The highest BCUT2D eigenvalue weighted by Gasteiger charge is 2.32. The van der Waals surface area contributed by atoms with Gasteiger partial charge in [-0.2, -0.15) is 0 Å². The van der Waals surface area contributed by atoms with Crippen molar-refractivity contribution in [1.82, 2.24) is 0 Å². The fourth-order valence-corrected chi connectivity index (χ4v) is 2.03. The molecule has 0 aromatic heterocycles. The van der Waals surface area contributed by atoms with Gasteiger partial charge in [0.1, 0.15) is 5.82 Å². The van der Waals surface area contributed by atoms with Gasteiger partial charge in [-0.25, -0.2) is 13.2 Å². The summed E-state index contributed by atoms with van der Waals surface area (Å²) in [5.41, 5.74) is 7.77. The number of amides is 1. The Labute approximate surface area is 106 Å². The lowest BCUT2D eigenvalue weighted by Gasteiger charge is -2.17. The van der Waals surface area contributed by atoms with Gasteiger partial charge in [-0.15, -0.1) is 0 Å². The van der Waals surface area contributed by atoms with Gasteiger partial charge in [0.25, 0.3) is 0 Å². The molecule has 19 heavy (non-hydrogen) atoms. The van der Waals surface area contributed by atoms with Crippen LogP contribution in [0.4, 0.5) is 18.9 Å². The van der Waals surface area contributed by atoms with Crippen LogP contribution in [0.25, 0.3) is 10.4 Å². The van der Waals surface area contributed by atoms with E-state index in [0.717, 1.165) is 11.0 Å². The Morgan fingerprint density at radius 1 is 1.42 bits per heavy atom. The minimum Gasteiger partial charge on any atom is -0.309 e. The first kappa shape index (κ1) is 13.2. The van der Waals surface area contributed by atoms with Crippen molar-refractivity contribution in [3.63, 3.8) is 0 Å². The van der Waals surface area contributed by atoms with Crippen LogP contribution in [0.15, 0.2) is 17.2 Å². The number of benzene rings is 1. The van der Waals surface area contributed by atoms with E-state index in [9.17, 15) is 18.0 Å². The molecule has 1 saturated heterocycles. The Balaban J connectivity index is 2.28. The molecule has 1 atom stereocenters. The molecule has 1 aromatic carbocycles. The van der Waals surface area contributed by atoms with Crippen LogP contribution in [-0.4, -0.2) is 19.0 Å². The molecule has 1 aliphatic rings. The first-order valence-corrected chi connectivity index (χ1v) is 5.48. The maximum absolute atomic E-state index is 13.6. The molecular weight excluding hydrogens is 261 g/mol. The maximum Gasteiger partial charge on any atom is 0.227 e. The molecule has 8 heteroatoms. The Morgan fingerprint density at radius 2 is 2.16 bits per heavy atom. The van der Waals surface area contributed by atoms with Crippen LogP contribution in [0.2, 0.25) is 0 Å². The molecular formula is C11H9F3N4O. The van der Waals surface area contributed by atoms with E-state index >= 15 is 0 Å². The van der Waals surface area contributed by atoms with Crippen LogP contribution < -0.4 is 4.90 Å². The molecule has 0 N–H and O–H groups in total. The summed E-state index contributed by atoms with van der Waals surface area (Å²) < 4.78 is 39.7. The second-order valence-electron chi connectivity index (χ2n) is 4.21. The summed E-state index contributed by atoms with van der Waals surface area (Å²) in [6.07, 6.45) is 0.0522. The van der Waals surface area contributed by atoms with Crippen molar-refractivity contribution >= 4 is 11.6 Å². The van der Waals surface area contributed by atoms with E-state index < -0.39 is 29.0 Å². The molecule has 2 rings (SSSR count). The number of azide groups is 1. The van der Waals surface area contributed by atoms with Crippen molar-refractivity contribution in [2.75, 3.05) is 18.0 Å². The van der Waals surface area contributed by atoms with E-state index in [0.29, 0.717) is 6.07 Å². The fourth-order valence-electron chi connectivity index (χ4n) is 2.03. The van der Waals surface area contributed by atoms with Gasteiger partial charge < -0.3 is 4.90 Å². The Morgan fingerprint density at radius 3 is 2.84 bits per heavy atom. The minimum atomic E-state index is -1.35. The summed E-state index contributed by atoms with van der Waals surface area (Å²) in [5.74, 6) is -4.31. The first-order valence-electron chi connectivity index (χ1n) is 5.48. The van der Waals surface area contributed by atoms with Gasteiger partial charge >= 0.3 is 0 Å². The molecule has 0 saturated carbocycles. The van der Waals surface area contributed by atoms with Crippen LogP contribution >= 0.6 is 0 Å². The van der Waals surface area contributed by atoms with E-state index in [-0.39, 0.29) is 25.4 Å². The number of nitrogens with zero attached hydrogens (tertiary/aromatic N) is 4. The zero-order valence-corrected chi connectivity index (χ0v) is 9.68. The third-order valence-corrected chi connectivity index (χ3v) is 2.87. The second kappa shape index (κ2) is 5.19. The maximum atomic E-state index is 13.6. The lowest BCUT2D eigenvalue weighted by molar-refractivity contribution is -0.117. The summed E-state index contributed by atoms with van der Waals surface area (Å²) in [4.78, 5) is 15.2. The van der Waals surface area contributed by atoms with Gasteiger partial charge in [-0.1, -0.05) is 5.11 Å². The van der Waals surface area contributed by atoms with Gasteiger partial charge in [0.15, 0.2) is 11.6 Å². The molecule has 1 unspecified atom stereocenters. The van der Waals surface area contributed by atoms with E-state index in [1.807, 2.05) is 0 Å². The van der Waals surface area contributed by atoms with Gasteiger partial charge in [0, 0.05) is 36.6 Å². The number of hydrogen-bond donors (Lipinski definition) is 0. The molecule has 0 spiro atoms. The highest BCUT2D eigenvalue weighted by molar-refractivity contribution is 5.95. The predicted molar refractivity (Wildman–Crippen MR) is 60.8 cm³/mol. The molecule has 5 nitrogen and oxygen atoms in total. The number of carbonyl (C=O) groups excluding carboxylic acids is 1. The molecule has 1 aromatic rings. The Bertz CT molecular complexity index is 571. The number of rotatable bonds is 3. The van der Waals surface area contributed by atoms with Crippen molar-refractivity contribution in [2.24, 2.45) is 11.0 Å². The number of anilines is 1. The Kier molecular flexibility index (Phi) is 3.62. The lowest BCUT2D eigenvalue weighted by atomic mass is 10.1. The molecule has 1 amide bonds. The molecule has 1 aliphatic heterocycles. The normalized spacial score (nSPS) is 18.6. The highest BCUT2D eigenvalue weighted by atomic mass is 19.2. The van der Waals surface area contributed by atoms with Crippen molar-refractivity contribution in [3.05, 3.63) is 40.0 Å². The van der Waals surface area contributed by atoms with E-state index in [1.165, 1.54) is 0 Å². The average molecular weight is 270 g/mol. The summed E-state index contributed by atoms with van der Waals surface area (Å²) in [6.45, 7) is 0.149. The molecule has 0 bridgehead atoms.